The summed E-state index contributed by atoms with van der Waals surface area (Å²) in [6.45, 7) is -0.436. The molecule has 2 heterocycles. The summed E-state index contributed by atoms with van der Waals surface area (Å²) in [7, 11) is 0. The summed E-state index contributed by atoms with van der Waals surface area (Å²) in [5.41, 5.74) is 1.81. The number of carbonyl (C=O) groups excluding carboxylic acids is 3. The van der Waals surface area contributed by atoms with Crippen LogP contribution >= 0.6 is 0 Å². The number of amides is 2. The van der Waals surface area contributed by atoms with Gasteiger partial charge in [-0.05, 0) is 24.3 Å². The molecule has 7 heteroatoms. The number of imide groups is 1. The lowest BCUT2D eigenvalue weighted by molar-refractivity contribution is -0.145. The third-order valence-corrected chi connectivity index (χ3v) is 4.13. The number of oxazole rings is 1. The van der Waals surface area contributed by atoms with E-state index in [9.17, 15) is 14.4 Å². The molecule has 0 bridgehead atoms. The van der Waals surface area contributed by atoms with Crippen molar-refractivity contribution >= 4 is 17.8 Å². The van der Waals surface area contributed by atoms with Crippen LogP contribution in [0.15, 0.2) is 65.3 Å². The molecule has 7 nitrogen and oxygen atoms in total. The third-order valence-electron chi connectivity index (χ3n) is 4.13. The monoisotopic (exact) mass is 362 g/mol. The van der Waals surface area contributed by atoms with Gasteiger partial charge in [0, 0.05) is 5.56 Å². The topological polar surface area (TPSA) is 89.7 Å². The fourth-order valence-electron chi connectivity index (χ4n) is 2.79. The average Bonchev–Trinajstić information content (AvgIpc) is 3.25. The van der Waals surface area contributed by atoms with Gasteiger partial charge < -0.3 is 9.15 Å². The number of esters is 1. The zero-order valence-electron chi connectivity index (χ0n) is 14.1. The van der Waals surface area contributed by atoms with Crippen LogP contribution in [0.1, 0.15) is 26.4 Å². The Kier molecular flexibility index (Phi) is 4.25. The highest BCUT2D eigenvalue weighted by molar-refractivity contribution is 6.21. The number of aromatic nitrogens is 1. The van der Waals surface area contributed by atoms with Gasteiger partial charge in [-0.2, -0.15) is 0 Å². The molecule has 1 aromatic heterocycles. The van der Waals surface area contributed by atoms with Crippen molar-refractivity contribution in [3.8, 4) is 11.5 Å². The number of nitrogens with zero attached hydrogens (tertiary/aromatic N) is 2. The van der Waals surface area contributed by atoms with Crippen molar-refractivity contribution in [3.63, 3.8) is 0 Å². The molecule has 2 amide bonds. The Balaban J connectivity index is 1.37. The molecular weight excluding hydrogens is 348 g/mol. The summed E-state index contributed by atoms with van der Waals surface area (Å²) in [6, 6.07) is 15.8. The van der Waals surface area contributed by atoms with Gasteiger partial charge in [0.2, 0.25) is 5.89 Å². The van der Waals surface area contributed by atoms with Crippen molar-refractivity contribution in [1.82, 2.24) is 9.88 Å². The second kappa shape index (κ2) is 6.87. The summed E-state index contributed by atoms with van der Waals surface area (Å²) in [6.07, 6.45) is 1.26. The maximum atomic E-state index is 12.2. The van der Waals surface area contributed by atoms with Crippen molar-refractivity contribution in [3.05, 3.63) is 77.7 Å². The molecule has 0 aliphatic carbocycles. The highest BCUT2D eigenvalue weighted by Crippen LogP contribution is 2.22. The van der Waals surface area contributed by atoms with Gasteiger partial charge in [0.1, 0.15) is 6.26 Å². The Morgan fingerprint density at radius 1 is 0.963 bits per heavy atom. The number of carbonyl (C=O) groups is 3. The van der Waals surface area contributed by atoms with Crippen molar-refractivity contribution in [2.24, 2.45) is 0 Å². The predicted molar refractivity (Wildman–Crippen MR) is 93.5 cm³/mol. The third kappa shape index (κ3) is 3.22. The molecule has 27 heavy (non-hydrogen) atoms. The van der Waals surface area contributed by atoms with Crippen LogP contribution < -0.4 is 0 Å². The normalized spacial score (nSPS) is 13.0. The first-order valence-corrected chi connectivity index (χ1v) is 8.24. The van der Waals surface area contributed by atoms with E-state index in [1.165, 1.54) is 6.26 Å². The predicted octanol–water partition coefficient (Wildman–Crippen LogP) is 2.68. The number of hydrogen-bond donors (Lipinski definition) is 0. The van der Waals surface area contributed by atoms with Crippen LogP contribution in [0, 0.1) is 0 Å². The van der Waals surface area contributed by atoms with E-state index < -0.39 is 24.5 Å². The molecule has 4 rings (SSSR count). The molecule has 1 aliphatic heterocycles. The lowest BCUT2D eigenvalue weighted by atomic mass is 10.1. The smallest absolute Gasteiger partial charge is 0.313 e. The molecule has 0 N–H and O–H groups in total. The summed E-state index contributed by atoms with van der Waals surface area (Å²) in [4.78, 5) is 41.6. The number of fused-ring (bicyclic) bond motifs is 1. The number of ether oxygens (including phenoxy) is 1. The van der Waals surface area contributed by atoms with E-state index in [4.69, 9.17) is 9.15 Å². The lowest BCUT2D eigenvalue weighted by Gasteiger charge is -2.13. The fraction of sp³-hybridized carbons (Fsp3) is 0.100. The first kappa shape index (κ1) is 16.7. The van der Waals surface area contributed by atoms with Crippen molar-refractivity contribution < 1.29 is 23.5 Å². The SMILES string of the molecule is O=C(Cc1coc(-c2ccccc2)n1)OCN1C(=O)c2ccccc2C1=O. The van der Waals surface area contributed by atoms with Crippen molar-refractivity contribution in [1.29, 1.82) is 0 Å². The molecule has 2 aromatic carbocycles. The maximum Gasteiger partial charge on any atom is 0.313 e. The van der Waals surface area contributed by atoms with Crippen LogP contribution in [-0.2, 0) is 16.0 Å². The first-order chi connectivity index (χ1) is 13.1. The molecule has 0 fully saturated rings. The van der Waals surface area contributed by atoms with E-state index in [1.807, 2.05) is 30.3 Å². The second-order valence-corrected chi connectivity index (χ2v) is 5.92. The van der Waals surface area contributed by atoms with E-state index in [-0.39, 0.29) is 6.42 Å². The first-order valence-electron chi connectivity index (χ1n) is 8.24. The van der Waals surface area contributed by atoms with Gasteiger partial charge in [0.25, 0.3) is 11.8 Å². The van der Waals surface area contributed by atoms with Crippen LogP contribution in [0.4, 0.5) is 0 Å². The Morgan fingerprint density at radius 3 is 2.26 bits per heavy atom. The Labute approximate surface area is 154 Å². The Hall–Kier alpha value is -3.74. The van der Waals surface area contributed by atoms with E-state index in [2.05, 4.69) is 4.98 Å². The van der Waals surface area contributed by atoms with E-state index >= 15 is 0 Å². The highest BCUT2D eigenvalue weighted by atomic mass is 16.5. The second-order valence-electron chi connectivity index (χ2n) is 5.92. The molecule has 0 saturated heterocycles. The standard InChI is InChI=1S/C20H14N2O5/c23-17(10-14-11-26-18(21-14)13-6-2-1-3-7-13)27-12-22-19(24)15-8-4-5-9-16(15)20(22)25/h1-9,11H,10,12H2. The summed E-state index contributed by atoms with van der Waals surface area (Å²) in [5, 5.41) is 0. The van der Waals surface area contributed by atoms with Crippen LogP contribution in [-0.4, -0.2) is 34.4 Å². The molecule has 3 aromatic rings. The average molecular weight is 362 g/mol. The summed E-state index contributed by atoms with van der Waals surface area (Å²) in [5.74, 6) is -1.16. The molecule has 0 atom stereocenters. The van der Waals surface area contributed by atoms with Crippen LogP contribution in [0.25, 0.3) is 11.5 Å². The van der Waals surface area contributed by atoms with E-state index in [0.717, 1.165) is 10.5 Å². The lowest BCUT2D eigenvalue weighted by Crippen LogP contribution is -2.33. The van der Waals surface area contributed by atoms with Gasteiger partial charge in [0.15, 0.2) is 6.73 Å². The zero-order valence-corrected chi connectivity index (χ0v) is 14.1. The fourth-order valence-corrected chi connectivity index (χ4v) is 2.79. The molecule has 134 valence electrons. The van der Waals surface area contributed by atoms with Gasteiger partial charge in [0.05, 0.1) is 23.2 Å². The molecule has 0 unspecified atom stereocenters. The Morgan fingerprint density at radius 2 is 1.59 bits per heavy atom. The highest BCUT2D eigenvalue weighted by Gasteiger charge is 2.35. The molecule has 0 spiro atoms. The van der Waals surface area contributed by atoms with Crippen molar-refractivity contribution in [2.75, 3.05) is 6.73 Å². The van der Waals surface area contributed by atoms with Crippen LogP contribution in [0.5, 0.6) is 0 Å². The zero-order chi connectivity index (χ0) is 18.8. The Bertz CT molecular complexity index is 991. The van der Waals surface area contributed by atoms with Crippen molar-refractivity contribution in [2.45, 2.75) is 6.42 Å². The van der Waals surface area contributed by atoms with Gasteiger partial charge in [-0.15, -0.1) is 0 Å². The van der Waals surface area contributed by atoms with Gasteiger partial charge in [-0.25, -0.2) is 9.88 Å². The minimum Gasteiger partial charge on any atom is -0.444 e. The quantitative estimate of drug-likeness (QED) is 0.512. The van der Waals surface area contributed by atoms with Gasteiger partial charge in [-0.3, -0.25) is 14.4 Å². The van der Waals surface area contributed by atoms with Gasteiger partial charge in [-0.1, -0.05) is 30.3 Å². The largest absolute Gasteiger partial charge is 0.444 e. The maximum absolute atomic E-state index is 12.2. The van der Waals surface area contributed by atoms with E-state index in [0.29, 0.717) is 22.7 Å². The summed E-state index contributed by atoms with van der Waals surface area (Å²) < 4.78 is 10.4. The number of benzene rings is 2. The molecule has 0 saturated carbocycles. The van der Waals surface area contributed by atoms with Crippen LogP contribution in [0.3, 0.4) is 0 Å². The number of rotatable bonds is 5. The molecular formula is C20H14N2O5. The molecule has 0 radical (unpaired) electrons. The molecule has 1 aliphatic rings. The minimum absolute atomic E-state index is 0.125. The summed E-state index contributed by atoms with van der Waals surface area (Å²) >= 11 is 0. The minimum atomic E-state index is -0.612. The van der Waals surface area contributed by atoms with Gasteiger partial charge >= 0.3 is 5.97 Å². The van der Waals surface area contributed by atoms with Crippen LogP contribution in [0.2, 0.25) is 0 Å². The van der Waals surface area contributed by atoms with E-state index in [1.54, 1.807) is 24.3 Å². The number of hydrogen-bond acceptors (Lipinski definition) is 6.